The van der Waals surface area contributed by atoms with E-state index in [1.165, 1.54) is 18.2 Å². The van der Waals surface area contributed by atoms with Gasteiger partial charge in [-0.15, -0.1) is 0 Å². The van der Waals surface area contributed by atoms with Gasteiger partial charge in [-0.05, 0) is 29.8 Å². The van der Waals surface area contributed by atoms with Crippen LogP contribution in [-0.2, 0) is 6.54 Å². The first-order valence-corrected chi connectivity index (χ1v) is 6.79. The number of amides is 1. The second-order valence-corrected chi connectivity index (χ2v) is 5.31. The van der Waals surface area contributed by atoms with Gasteiger partial charge in [0.25, 0.3) is 5.91 Å². The van der Waals surface area contributed by atoms with E-state index in [9.17, 15) is 15.0 Å². The van der Waals surface area contributed by atoms with Crippen LogP contribution >= 0.6 is 15.9 Å². The van der Waals surface area contributed by atoms with Gasteiger partial charge in [0.1, 0.15) is 0 Å². The number of carbonyl (C=O) groups is 1. The van der Waals surface area contributed by atoms with Crippen molar-refractivity contribution in [3.63, 3.8) is 0 Å². The van der Waals surface area contributed by atoms with Crippen molar-refractivity contribution in [2.45, 2.75) is 6.54 Å². The fraction of sp³-hybridized carbons (Fsp3) is 0.133. The van der Waals surface area contributed by atoms with Crippen LogP contribution in [0.2, 0.25) is 0 Å². The maximum Gasteiger partial charge on any atom is 0.254 e. The standard InChI is InChI=1S/C15H14BrNO3/c1-17(9-11-4-2-3-5-12(11)16)15(20)10-6-7-13(18)14(19)8-10/h2-8,18-19H,9H2,1H3. The Balaban J connectivity index is 2.16. The normalized spacial score (nSPS) is 10.3. The molecule has 0 atom stereocenters. The summed E-state index contributed by atoms with van der Waals surface area (Å²) >= 11 is 3.44. The van der Waals surface area contributed by atoms with E-state index in [4.69, 9.17) is 0 Å². The summed E-state index contributed by atoms with van der Waals surface area (Å²) in [6.07, 6.45) is 0. The minimum atomic E-state index is -0.301. The van der Waals surface area contributed by atoms with Crippen LogP contribution in [0.4, 0.5) is 0 Å². The number of phenolic OH excluding ortho intramolecular Hbond substituents is 2. The Labute approximate surface area is 125 Å². The quantitative estimate of drug-likeness (QED) is 0.847. The molecule has 0 saturated heterocycles. The average molecular weight is 336 g/mol. The molecule has 0 heterocycles. The number of rotatable bonds is 3. The molecular formula is C15H14BrNO3. The Kier molecular flexibility index (Phi) is 4.29. The highest BCUT2D eigenvalue weighted by atomic mass is 79.9. The SMILES string of the molecule is CN(Cc1ccccc1Br)C(=O)c1ccc(O)c(O)c1. The van der Waals surface area contributed by atoms with Gasteiger partial charge in [-0.3, -0.25) is 4.79 Å². The summed E-state index contributed by atoms with van der Waals surface area (Å²) in [5, 5.41) is 18.7. The number of carbonyl (C=O) groups excluding carboxylic acids is 1. The van der Waals surface area contributed by atoms with Gasteiger partial charge in [0.15, 0.2) is 11.5 Å². The zero-order chi connectivity index (χ0) is 14.7. The Hall–Kier alpha value is -2.01. The predicted octanol–water partition coefficient (Wildman–Crippen LogP) is 3.13. The summed E-state index contributed by atoms with van der Waals surface area (Å²) in [4.78, 5) is 13.8. The van der Waals surface area contributed by atoms with Crippen molar-refractivity contribution in [3.8, 4) is 11.5 Å². The lowest BCUT2D eigenvalue weighted by Gasteiger charge is -2.18. The van der Waals surface area contributed by atoms with Crippen LogP contribution in [0.3, 0.4) is 0 Å². The number of hydrogen-bond donors (Lipinski definition) is 2. The number of aromatic hydroxyl groups is 2. The van der Waals surface area contributed by atoms with E-state index >= 15 is 0 Å². The highest BCUT2D eigenvalue weighted by molar-refractivity contribution is 9.10. The zero-order valence-corrected chi connectivity index (χ0v) is 12.5. The smallest absolute Gasteiger partial charge is 0.254 e. The molecule has 5 heteroatoms. The van der Waals surface area contributed by atoms with E-state index in [2.05, 4.69) is 15.9 Å². The van der Waals surface area contributed by atoms with Crippen LogP contribution in [-0.4, -0.2) is 28.1 Å². The van der Waals surface area contributed by atoms with E-state index in [0.29, 0.717) is 12.1 Å². The second-order valence-electron chi connectivity index (χ2n) is 4.46. The lowest BCUT2D eigenvalue weighted by atomic mass is 10.1. The van der Waals surface area contributed by atoms with Gasteiger partial charge in [-0.25, -0.2) is 0 Å². The topological polar surface area (TPSA) is 60.8 Å². The van der Waals surface area contributed by atoms with Crippen molar-refractivity contribution >= 4 is 21.8 Å². The summed E-state index contributed by atoms with van der Waals surface area (Å²) in [5.74, 6) is -0.767. The molecule has 4 nitrogen and oxygen atoms in total. The van der Waals surface area contributed by atoms with Crippen LogP contribution < -0.4 is 0 Å². The molecule has 2 aromatic carbocycles. The summed E-state index contributed by atoms with van der Waals surface area (Å²) in [5.41, 5.74) is 1.32. The molecule has 0 fully saturated rings. The van der Waals surface area contributed by atoms with Gasteiger partial charge < -0.3 is 15.1 Å². The average Bonchev–Trinajstić information content (AvgIpc) is 2.43. The van der Waals surface area contributed by atoms with Gasteiger partial charge >= 0.3 is 0 Å². The lowest BCUT2D eigenvalue weighted by molar-refractivity contribution is 0.0784. The number of halogens is 1. The Morgan fingerprint density at radius 3 is 2.50 bits per heavy atom. The first kappa shape index (κ1) is 14.4. The molecule has 1 amide bonds. The molecule has 20 heavy (non-hydrogen) atoms. The third-order valence-electron chi connectivity index (χ3n) is 2.93. The maximum absolute atomic E-state index is 12.2. The number of phenols is 2. The first-order valence-electron chi connectivity index (χ1n) is 6.00. The van der Waals surface area contributed by atoms with E-state index in [-0.39, 0.29) is 17.4 Å². The minimum absolute atomic E-state index is 0.226. The lowest BCUT2D eigenvalue weighted by Crippen LogP contribution is -2.26. The molecule has 0 spiro atoms. The van der Waals surface area contributed by atoms with Gasteiger partial charge in [0, 0.05) is 23.6 Å². The van der Waals surface area contributed by atoms with Gasteiger partial charge in [-0.1, -0.05) is 34.1 Å². The molecule has 2 aromatic rings. The highest BCUT2D eigenvalue weighted by Crippen LogP contribution is 2.26. The molecule has 2 rings (SSSR count). The minimum Gasteiger partial charge on any atom is -0.504 e. The zero-order valence-electron chi connectivity index (χ0n) is 10.9. The predicted molar refractivity (Wildman–Crippen MR) is 79.7 cm³/mol. The van der Waals surface area contributed by atoms with Gasteiger partial charge in [-0.2, -0.15) is 0 Å². The molecule has 0 radical (unpaired) electrons. The van der Waals surface area contributed by atoms with Crippen molar-refractivity contribution in [3.05, 3.63) is 58.1 Å². The van der Waals surface area contributed by atoms with E-state index in [1.54, 1.807) is 11.9 Å². The molecule has 2 N–H and O–H groups in total. The molecule has 0 bridgehead atoms. The third-order valence-corrected chi connectivity index (χ3v) is 3.71. The third kappa shape index (κ3) is 3.11. The summed E-state index contributed by atoms with van der Waals surface area (Å²) < 4.78 is 0.938. The summed E-state index contributed by atoms with van der Waals surface area (Å²) in [6, 6.07) is 11.7. The van der Waals surface area contributed by atoms with Gasteiger partial charge in [0.2, 0.25) is 0 Å². The Morgan fingerprint density at radius 1 is 1.15 bits per heavy atom. The maximum atomic E-state index is 12.2. The first-order chi connectivity index (χ1) is 9.49. The molecule has 0 aliphatic heterocycles. The fourth-order valence-electron chi connectivity index (χ4n) is 1.83. The molecule has 0 unspecified atom stereocenters. The van der Waals surface area contributed by atoms with Crippen LogP contribution in [0.1, 0.15) is 15.9 Å². The molecule has 0 saturated carbocycles. The summed E-state index contributed by atoms with van der Waals surface area (Å²) in [6.45, 7) is 0.446. The Morgan fingerprint density at radius 2 is 1.85 bits per heavy atom. The van der Waals surface area contributed by atoms with Crippen molar-refractivity contribution in [2.75, 3.05) is 7.05 Å². The Bertz CT molecular complexity index is 643. The highest BCUT2D eigenvalue weighted by Gasteiger charge is 2.14. The van der Waals surface area contributed by atoms with E-state index in [0.717, 1.165) is 10.0 Å². The molecule has 0 aromatic heterocycles. The second kappa shape index (κ2) is 5.96. The largest absolute Gasteiger partial charge is 0.504 e. The fourth-order valence-corrected chi connectivity index (χ4v) is 2.24. The molecule has 104 valence electrons. The van der Waals surface area contributed by atoms with Crippen molar-refractivity contribution in [1.82, 2.24) is 4.90 Å². The monoisotopic (exact) mass is 335 g/mol. The van der Waals surface area contributed by atoms with Crippen molar-refractivity contribution in [2.24, 2.45) is 0 Å². The van der Waals surface area contributed by atoms with Crippen LogP contribution in [0.25, 0.3) is 0 Å². The number of benzene rings is 2. The molecule has 0 aliphatic carbocycles. The molecular weight excluding hydrogens is 322 g/mol. The number of nitrogens with zero attached hydrogens (tertiary/aromatic N) is 1. The van der Waals surface area contributed by atoms with Crippen LogP contribution in [0, 0.1) is 0 Å². The summed E-state index contributed by atoms with van der Waals surface area (Å²) in [7, 11) is 1.69. The number of hydrogen-bond acceptors (Lipinski definition) is 3. The van der Waals surface area contributed by atoms with Crippen molar-refractivity contribution < 1.29 is 15.0 Å². The van der Waals surface area contributed by atoms with E-state index < -0.39 is 0 Å². The van der Waals surface area contributed by atoms with Crippen LogP contribution in [0.5, 0.6) is 11.5 Å². The van der Waals surface area contributed by atoms with Crippen LogP contribution in [0.15, 0.2) is 46.9 Å². The van der Waals surface area contributed by atoms with Crippen molar-refractivity contribution in [1.29, 1.82) is 0 Å². The van der Waals surface area contributed by atoms with E-state index in [1.807, 2.05) is 24.3 Å². The van der Waals surface area contributed by atoms with Gasteiger partial charge in [0.05, 0.1) is 0 Å². The molecule has 0 aliphatic rings.